The number of hydrogen-bond acceptors (Lipinski definition) is 5. The minimum absolute atomic E-state index is 0.587. The Bertz CT molecular complexity index is 655. The zero-order valence-corrected chi connectivity index (χ0v) is 14.4. The SMILES string of the molecule is CCCNc1nc(-c2ccnc(C)n2)nc(C2CC2)c1I. The lowest BCUT2D eigenvalue weighted by atomic mass is 10.2. The zero-order valence-electron chi connectivity index (χ0n) is 12.2. The van der Waals surface area contributed by atoms with Crippen LogP contribution >= 0.6 is 22.6 Å². The molecule has 0 unspecified atom stereocenters. The summed E-state index contributed by atoms with van der Waals surface area (Å²) in [6.07, 6.45) is 5.28. The molecule has 1 fully saturated rings. The van der Waals surface area contributed by atoms with Gasteiger partial charge in [-0.05, 0) is 54.8 Å². The van der Waals surface area contributed by atoms with Crippen molar-refractivity contribution >= 4 is 28.4 Å². The molecular weight excluding hydrogens is 377 g/mol. The van der Waals surface area contributed by atoms with Crippen molar-refractivity contribution in [2.24, 2.45) is 0 Å². The van der Waals surface area contributed by atoms with Crippen LogP contribution in [0.25, 0.3) is 11.5 Å². The van der Waals surface area contributed by atoms with Gasteiger partial charge in [-0.15, -0.1) is 0 Å². The molecule has 110 valence electrons. The molecule has 1 aliphatic carbocycles. The second-order valence-electron chi connectivity index (χ2n) is 5.29. The van der Waals surface area contributed by atoms with Gasteiger partial charge in [0.2, 0.25) is 0 Å². The number of aryl methyl sites for hydroxylation is 1. The van der Waals surface area contributed by atoms with E-state index in [4.69, 9.17) is 4.98 Å². The van der Waals surface area contributed by atoms with Gasteiger partial charge in [-0.2, -0.15) is 0 Å². The Morgan fingerprint density at radius 1 is 1.29 bits per heavy atom. The van der Waals surface area contributed by atoms with Crippen LogP contribution in [-0.2, 0) is 0 Å². The third-order valence-electron chi connectivity index (χ3n) is 3.39. The second-order valence-corrected chi connectivity index (χ2v) is 6.36. The summed E-state index contributed by atoms with van der Waals surface area (Å²) in [5.41, 5.74) is 1.95. The highest BCUT2D eigenvalue weighted by Crippen LogP contribution is 2.42. The molecule has 0 amide bonds. The number of aromatic nitrogens is 4. The van der Waals surface area contributed by atoms with Gasteiger partial charge in [-0.1, -0.05) is 6.92 Å². The highest BCUT2D eigenvalue weighted by molar-refractivity contribution is 14.1. The molecule has 1 N–H and O–H groups in total. The van der Waals surface area contributed by atoms with Crippen LogP contribution in [0.2, 0.25) is 0 Å². The van der Waals surface area contributed by atoms with Crippen LogP contribution in [0.5, 0.6) is 0 Å². The normalized spacial score (nSPS) is 14.2. The van der Waals surface area contributed by atoms with E-state index in [1.165, 1.54) is 12.8 Å². The molecule has 0 atom stereocenters. The first-order valence-electron chi connectivity index (χ1n) is 7.30. The van der Waals surface area contributed by atoms with Crippen molar-refractivity contribution in [2.45, 2.75) is 39.0 Å². The predicted octanol–water partition coefficient (Wildman–Crippen LogP) is 3.55. The third kappa shape index (κ3) is 3.30. The lowest BCUT2D eigenvalue weighted by Gasteiger charge is -2.12. The van der Waals surface area contributed by atoms with E-state index in [-0.39, 0.29) is 0 Å². The maximum atomic E-state index is 4.77. The molecule has 5 nitrogen and oxygen atoms in total. The van der Waals surface area contributed by atoms with Crippen molar-refractivity contribution in [3.05, 3.63) is 27.4 Å². The van der Waals surface area contributed by atoms with Gasteiger partial charge < -0.3 is 5.32 Å². The lowest BCUT2D eigenvalue weighted by Crippen LogP contribution is -2.09. The Hall–Kier alpha value is -1.31. The van der Waals surface area contributed by atoms with Crippen LogP contribution in [0.15, 0.2) is 12.3 Å². The van der Waals surface area contributed by atoms with Crippen LogP contribution < -0.4 is 5.32 Å². The minimum Gasteiger partial charge on any atom is -0.369 e. The number of rotatable bonds is 5. The fourth-order valence-electron chi connectivity index (χ4n) is 2.15. The van der Waals surface area contributed by atoms with Crippen LogP contribution in [0.3, 0.4) is 0 Å². The molecule has 0 aliphatic heterocycles. The summed E-state index contributed by atoms with van der Waals surface area (Å²) in [6, 6.07) is 1.87. The Balaban J connectivity index is 2.05. The molecule has 2 heterocycles. The number of anilines is 1. The van der Waals surface area contributed by atoms with Gasteiger partial charge in [0.05, 0.1) is 9.26 Å². The first-order valence-corrected chi connectivity index (χ1v) is 8.38. The van der Waals surface area contributed by atoms with E-state index in [1.54, 1.807) is 6.20 Å². The number of hydrogen-bond donors (Lipinski definition) is 1. The minimum atomic E-state index is 0.587. The Labute approximate surface area is 138 Å². The molecule has 0 radical (unpaired) electrons. The Kier molecular flexibility index (Phi) is 4.32. The summed E-state index contributed by atoms with van der Waals surface area (Å²) in [7, 11) is 0. The topological polar surface area (TPSA) is 63.6 Å². The highest BCUT2D eigenvalue weighted by atomic mass is 127. The maximum absolute atomic E-state index is 4.77. The summed E-state index contributed by atoms with van der Waals surface area (Å²) < 4.78 is 1.15. The quantitative estimate of drug-likeness (QED) is 0.785. The summed E-state index contributed by atoms with van der Waals surface area (Å²) in [6.45, 7) is 4.95. The number of halogens is 1. The molecular formula is C15H18IN5. The first-order chi connectivity index (χ1) is 10.2. The molecule has 2 aromatic heterocycles. The maximum Gasteiger partial charge on any atom is 0.180 e. The molecule has 6 heteroatoms. The zero-order chi connectivity index (χ0) is 14.8. The van der Waals surface area contributed by atoms with Crippen LogP contribution in [0, 0.1) is 10.5 Å². The van der Waals surface area contributed by atoms with Crippen molar-refractivity contribution in [1.82, 2.24) is 19.9 Å². The van der Waals surface area contributed by atoms with E-state index in [0.717, 1.165) is 39.6 Å². The average molecular weight is 395 g/mol. The first kappa shape index (κ1) is 14.6. The summed E-state index contributed by atoms with van der Waals surface area (Å²) >= 11 is 2.36. The fraction of sp³-hybridized carbons (Fsp3) is 0.467. The summed E-state index contributed by atoms with van der Waals surface area (Å²) in [5, 5.41) is 3.41. The standard InChI is InChI=1S/C15H18IN5/c1-3-7-18-15-12(16)13(10-4-5-10)20-14(21-15)11-6-8-17-9(2)19-11/h6,8,10H,3-5,7H2,1-2H3,(H,18,20,21). The van der Waals surface area contributed by atoms with Gasteiger partial charge in [0, 0.05) is 18.7 Å². The third-order valence-corrected chi connectivity index (χ3v) is 4.45. The van der Waals surface area contributed by atoms with Crippen molar-refractivity contribution in [3.63, 3.8) is 0 Å². The van der Waals surface area contributed by atoms with E-state index < -0.39 is 0 Å². The lowest BCUT2D eigenvalue weighted by molar-refractivity contribution is 0.932. The summed E-state index contributed by atoms with van der Waals surface area (Å²) in [4.78, 5) is 18.0. The van der Waals surface area contributed by atoms with E-state index in [1.807, 2.05) is 13.0 Å². The highest BCUT2D eigenvalue weighted by Gasteiger charge is 2.29. The van der Waals surface area contributed by atoms with E-state index in [2.05, 4.69) is 49.8 Å². The number of nitrogens with zero attached hydrogens (tertiary/aromatic N) is 4. The van der Waals surface area contributed by atoms with Crippen molar-refractivity contribution in [3.8, 4) is 11.5 Å². The molecule has 0 aromatic carbocycles. The molecule has 3 rings (SSSR count). The second kappa shape index (κ2) is 6.21. The molecule has 2 aromatic rings. The molecule has 0 bridgehead atoms. The molecule has 1 aliphatic rings. The Morgan fingerprint density at radius 3 is 2.76 bits per heavy atom. The van der Waals surface area contributed by atoms with E-state index in [0.29, 0.717) is 11.7 Å². The van der Waals surface area contributed by atoms with Gasteiger partial charge in [0.1, 0.15) is 17.3 Å². The fourth-order valence-corrected chi connectivity index (χ4v) is 3.02. The smallest absolute Gasteiger partial charge is 0.180 e. The van der Waals surface area contributed by atoms with E-state index in [9.17, 15) is 0 Å². The van der Waals surface area contributed by atoms with Crippen molar-refractivity contribution < 1.29 is 0 Å². The van der Waals surface area contributed by atoms with Crippen molar-refractivity contribution in [2.75, 3.05) is 11.9 Å². The van der Waals surface area contributed by atoms with Gasteiger partial charge in [-0.25, -0.2) is 19.9 Å². The van der Waals surface area contributed by atoms with Crippen LogP contribution in [0.1, 0.15) is 43.6 Å². The molecule has 0 spiro atoms. The monoisotopic (exact) mass is 395 g/mol. The van der Waals surface area contributed by atoms with Gasteiger partial charge in [0.15, 0.2) is 5.82 Å². The molecule has 1 saturated carbocycles. The van der Waals surface area contributed by atoms with Gasteiger partial charge in [-0.3, -0.25) is 0 Å². The number of nitrogens with one attached hydrogen (secondary N) is 1. The van der Waals surface area contributed by atoms with Crippen molar-refractivity contribution in [1.29, 1.82) is 0 Å². The Morgan fingerprint density at radius 2 is 2.10 bits per heavy atom. The largest absolute Gasteiger partial charge is 0.369 e. The van der Waals surface area contributed by atoms with Crippen LogP contribution in [-0.4, -0.2) is 26.5 Å². The van der Waals surface area contributed by atoms with Gasteiger partial charge >= 0.3 is 0 Å². The molecule has 21 heavy (non-hydrogen) atoms. The van der Waals surface area contributed by atoms with Crippen LogP contribution in [0.4, 0.5) is 5.82 Å². The van der Waals surface area contributed by atoms with Gasteiger partial charge in [0.25, 0.3) is 0 Å². The molecule has 0 saturated heterocycles. The summed E-state index contributed by atoms with van der Waals surface area (Å²) in [5.74, 6) is 2.96. The average Bonchev–Trinajstić information content (AvgIpc) is 3.31. The van der Waals surface area contributed by atoms with E-state index >= 15 is 0 Å². The predicted molar refractivity (Wildman–Crippen MR) is 91.3 cm³/mol.